The van der Waals surface area contributed by atoms with E-state index in [2.05, 4.69) is 32.7 Å². The van der Waals surface area contributed by atoms with E-state index >= 15 is 0 Å². The van der Waals surface area contributed by atoms with Crippen LogP contribution in [0.2, 0.25) is 0 Å². The number of esters is 1. The second-order valence-electron chi connectivity index (χ2n) is 14.2. The second-order valence-corrected chi connectivity index (χ2v) is 15.4. The van der Waals surface area contributed by atoms with Gasteiger partial charge in [-0.25, -0.2) is 0 Å². The predicted octanol–water partition coefficient (Wildman–Crippen LogP) is 4.68. The molecular formula is C32H51NO6S. The molecule has 0 aromatic heterocycles. The highest BCUT2D eigenvalue weighted by molar-refractivity contribution is 8.00. The summed E-state index contributed by atoms with van der Waals surface area (Å²) in [4.78, 5) is 39.2. The van der Waals surface area contributed by atoms with Crippen LogP contribution in [0.15, 0.2) is 12.7 Å². The molecule has 2 unspecified atom stereocenters. The van der Waals surface area contributed by atoms with Crippen molar-refractivity contribution in [1.29, 1.82) is 0 Å². The van der Waals surface area contributed by atoms with E-state index in [1.807, 2.05) is 26.8 Å². The van der Waals surface area contributed by atoms with Crippen molar-refractivity contribution in [3.8, 4) is 0 Å². The van der Waals surface area contributed by atoms with Crippen molar-refractivity contribution < 1.29 is 29.3 Å². The minimum Gasteiger partial charge on any atom is -0.461 e. The number of hydrogen-bond acceptors (Lipinski definition) is 7. The van der Waals surface area contributed by atoms with Crippen LogP contribution in [0.4, 0.5) is 0 Å². The van der Waals surface area contributed by atoms with Gasteiger partial charge < -0.3 is 20.3 Å². The minimum atomic E-state index is -0.692. The van der Waals surface area contributed by atoms with Gasteiger partial charge in [0.1, 0.15) is 11.9 Å². The number of amides is 1. The Labute approximate surface area is 244 Å². The van der Waals surface area contributed by atoms with Crippen LogP contribution in [0.5, 0.6) is 0 Å². The molecule has 3 N–H and O–H groups in total. The third-order valence-electron chi connectivity index (χ3n) is 11.6. The maximum atomic E-state index is 13.6. The molecule has 1 amide bonds. The van der Waals surface area contributed by atoms with E-state index in [1.165, 1.54) is 11.8 Å². The van der Waals surface area contributed by atoms with Gasteiger partial charge >= 0.3 is 5.97 Å². The van der Waals surface area contributed by atoms with Gasteiger partial charge in [-0.1, -0.05) is 47.6 Å². The zero-order valence-corrected chi connectivity index (χ0v) is 26.1. The van der Waals surface area contributed by atoms with E-state index in [4.69, 9.17) is 4.74 Å². The predicted molar refractivity (Wildman–Crippen MR) is 158 cm³/mol. The van der Waals surface area contributed by atoms with Crippen LogP contribution in [0.25, 0.3) is 0 Å². The van der Waals surface area contributed by atoms with Crippen molar-refractivity contribution in [3.63, 3.8) is 0 Å². The highest BCUT2D eigenvalue weighted by Gasteiger charge is 2.68. The first-order valence-corrected chi connectivity index (χ1v) is 16.4. The molecule has 4 aliphatic carbocycles. The average Bonchev–Trinajstić information content (AvgIpc) is 3.27. The summed E-state index contributed by atoms with van der Waals surface area (Å²) in [5, 5.41) is 25.2. The molecule has 0 aromatic carbocycles. The van der Waals surface area contributed by atoms with Gasteiger partial charge in [-0.15, -0.1) is 18.3 Å². The number of rotatable bonds is 7. The molecule has 40 heavy (non-hydrogen) atoms. The Balaban J connectivity index is 1.54. The summed E-state index contributed by atoms with van der Waals surface area (Å²) in [6.07, 6.45) is 5.47. The first-order valence-electron chi connectivity index (χ1n) is 15.3. The monoisotopic (exact) mass is 577 g/mol. The van der Waals surface area contributed by atoms with Crippen LogP contribution in [0, 0.1) is 39.9 Å². The summed E-state index contributed by atoms with van der Waals surface area (Å²) in [6.45, 7) is 16.2. The normalized spacial score (nSPS) is 45.3. The highest BCUT2D eigenvalue weighted by Crippen LogP contribution is 2.68. The number of aliphatic hydroxyl groups is 2. The Morgan fingerprint density at radius 3 is 2.52 bits per heavy atom. The van der Waals surface area contributed by atoms with Crippen molar-refractivity contribution in [2.45, 2.75) is 123 Å². The lowest BCUT2D eigenvalue weighted by molar-refractivity contribution is -0.205. The maximum absolute atomic E-state index is 13.6. The van der Waals surface area contributed by atoms with Gasteiger partial charge in [-0.2, -0.15) is 0 Å². The van der Waals surface area contributed by atoms with Gasteiger partial charge in [-0.3, -0.25) is 14.4 Å². The molecule has 0 heterocycles. The third-order valence-corrected chi connectivity index (χ3v) is 13.0. The number of carbonyl (C=O) groups is 3. The molecule has 226 valence electrons. The SMILES string of the molecule is C=C[C@]1(C)C[C@@H](OC(=O)CS[C@@H]2C[C@H](NC(=O)C(C)C)CC[C@@H]2O)[C@]2(C)C(C)CCC3(CCC(=O)[C@H]32)[C@@H](C)[C@@H]1O. The molecule has 4 aliphatic rings. The van der Waals surface area contributed by atoms with Crippen LogP contribution >= 0.6 is 11.8 Å². The molecule has 0 radical (unpaired) electrons. The molecule has 0 aliphatic heterocycles. The molecule has 2 bridgehead atoms. The number of ketones is 1. The number of ether oxygens (including phenoxy) is 1. The number of thioether (sulfide) groups is 1. The molecule has 8 heteroatoms. The van der Waals surface area contributed by atoms with Crippen molar-refractivity contribution >= 4 is 29.4 Å². The number of aliphatic hydroxyl groups excluding tert-OH is 2. The van der Waals surface area contributed by atoms with Gasteiger partial charge in [0.15, 0.2) is 0 Å². The van der Waals surface area contributed by atoms with E-state index < -0.39 is 29.1 Å². The van der Waals surface area contributed by atoms with Gasteiger partial charge in [-0.05, 0) is 62.2 Å². The van der Waals surface area contributed by atoms with Crippen LogP contribution < -0.4 is 5.32 Å². The smallest absolute Gasteiger partial charge is 0.316 e. The number of carbonyl (C=O) groups excluding carboxylic acids is 3. The average molecular weight is 578 g/mol. The van der Waals surface area contributed by atoms with Crippen molar-refractivity contribution in [2.24, 2.45) is 39.9 Å². The summed E-state index contributed by atoms with van der Waals surface area (Å²) in [5.74, 6) is -0.273. The molecular weight excluding hydrogens is 526 g/mol. The first kappa shape index (κ1) is 31.6. The lowest BCUT2D eigenvalue weighted by atomic mass is 9.44. The van der Waals surface area contributed by atoms with Crippen molar-refractivity contribution in [2.75, 3.05) is 5.75 Å². The van der Waals surface area contributed by atoms with E-state index in [-0.39, 0.29) is 63.8 Å². The molecule has 0 spiro atoms. The summed E-state index contributed by atoms with van der Waals surface area (Å²) >= 11 is 1.39. The maximum Gasteiger partial charge on any atom is 0.316 e. The van der Waals surface area contributed by atoms with E-state index in [1.54, 1.807) is 0 Å². The molecule has 11 atom stereocenters. The lowest BCUT2D eigenvalue weighted by Gasteiger charge is -2.61. The Hall–Kier alpha value is -1.38. The molecule has 0 aromatic rings. The molecule has 4 fully saturated rings. The van der Waals surface area contributed by atoms with Gasteiger partial charge in [0.25, 0.3) is 0 Å². The molecule has 0 saturated heterocycles. The molecule has 4 saturated carbocycles. The topological polar surface area (TPSA) is 113 Å². The van der Waals surface area contributed by atoms with E-state index in [9.17, 15) is 24.6 Å². The Bertz CT molecular complexity index is 1000. The van der Waals surface area contributed by atoms with Crippen LogP contribution in [0.1, 0.15) is 92.9 Å². The quantitative estimate of drug-likeness (QED) is 0.297. The summed E-state index contributed by atoms with van der Waals surface area (Å²) in [6, 6.07) is -0.0160. The van der Waals surface area contributed by atoms with Gasteiger partial charge in [0.05, 0.1) is 18.0 Å². The van der Waals surface area contributed by atoms with Crippen LogP contribution in [0.3, 0.4) is 0 Å². The van der Waals surface area contributed by atoms with Gasteiger partial charge in [0, 0.05) is 40.4 Å². The first-order chi connectivity index (χ1) is 18.7. The fourth-order valence-electron chi connectivity index (χ4n) is 8.66. The largest absolute Gasteiger partial charge is 0.461 e. The fourth-order valence-corrected chi connectivity index (χ4v) is 9.81. The summed E-state index contributed by atoms with van der Waals surface area (Å²) in [7, 11) is 0. The fraction of sp³-hybridized carbons (Fsp3) is 0.844. The Morgan fingerprint density at radius 1 is 1.18 bits per heavy atom. The van der Waals surface area contributed by atoms with Crippen LogP contribution in [-0.4, -0.2) is 63.2 Å². The molecule has 7 nitrogen and oxygen atoms in total. The van der Waals surface area contributed by atoms with Crippen molar-refractivity contribution in [1.82, 2.24) is 5.32 Å². The molecule has 4 rings (SSSR count). The Morgan fingerprint density at radius 2 is 1.88 bits per heavy atom. The summed E-state index contributed by atoms with van der Waals surface area (Å²) in [5.41, 5.74) is -1.51. The zero-order valence-electron chi connectivity index (χ0n) is 25.3. The Kier molecular flexibility index (Phi) is 9.24. The zero-order chi connectivity index (χ0) is 29.6. The van der Waals surface area contributed by atoms with Crippen molar-refractivity contribution in [3.05, 3.63) is 12.7 Å². The highest BCUT2D eigenvalue weighted by atomic mass is 32.2. The number of Topliss-reactive ketones (excluding diaryl/α,β-unsaturated/α-hetero) is 1. The number of nitrogens with one attached hydrogen (secondary N) is 1. The van der Waals surface area contributed by atoms with Gasteiger partial charge in [0.2, 0.25) is 5.91 Å². The lowest BCUT2D eigenvalue weighted by Crippen LogP contribution is -2.63. The number of hydrogen-bond donors (Lipinski definition) is 3. The summed E-state index contributed by atoms with van der Waals surface area (Å²) < 4.78 is 6.35. The second kappa shape index (κ2) is 11.7. The van der Waals surface area contributed by atoms with E-state index in [0.717, 1.165) is 25.7 Å². The standard InChI is InChI=1S/C32H51NO6S/c1-8-30(6)16-25(31(7)19(4)11-13-32(20(5)28(30)37)14-12-23(35)27(31)32)39-26(36)17-40-24-15-21(9-10-22(24)34)33-29(38)18(2)3/h8,18-22,24-25,27-28,34,37H,1,9-17H2,2-7H3,(H,33,38)/t19?,20-,21+,22-,24+,25+,27-,28-,30+,31-,32?/m0/s1. The van der Waals surface area contributed by atoms with E-state index in [0.29, 0.717) is 25.7 Å². The van der Waals surface area contributed by atoms with Crippen LogP contribution in [-0.2, 0) is 19.1 Å². The minimum absolute atomic E-state index is 0.00277. The third kappa shape index (κ3) is 5.42.